The molecule has 1 saturated heterocycles. The average Bonchev–Trinajstić information content (AvgIpc) is 2.40. The summed E-state index contributed by atoms with van der Waals surface area (Å²) in [5, 5.41) is 25.7. The second-order valence-electron chi connectivity index (χ2n) is 4.44. The Bertz CT molecular complexity index is 517. The molecule has 0 spiro atoms. The van der Waals surface area contributed by atoms with Crippen LogP contribution in [0.1, 0.15) is 18.4 Å². The lowest BCUT2D eigenvalue weighted by atomic mass is 10.1. The van der Waals surface area contributed by atoms with Crippen LogP contribution < -0.4 is 0 Å². The molecule has 0 atom stereocenters. The summed E-state index contributed by atoms with van der Waals surface area (Å²) in [5.41, 5.74) is 0.563. The normalized spacial score (nSPS) is 17.9. The van der Waals surface area contributed by atoms with Crippen LogP contribution in [0.15, 0.2) is 24.3 Å². The molecule has 1 heterocycles. The van der Waals surface area contributed by atoms with Gasteiger partial charge >= 0.3 is 0 Å². The zero-order valence-corrected chi connectivity index (χ0v) is 11.3. The second kappa shape index (κ2) is 7.12. The van der Waals surface area contributed by atoms with E-state index in [4.69, 9.17) is 15.5 Å². The zero-order valence-electron chi connectivity index (χ0n) is 10.5. The van der Waals surface area contributed by atoms with Crippen molar-refractivity contribution in [2.75, 3.05) is 18.1 Å². The summed E-state index contributed by atoms with van der Waals surface area (Å²) in [7, 11) is -2.74. The van der Waals surface area contributed by atoms with Crippen molar-refractivity contribution in [3.63, 3.8) is 0 Å². The molecule has 2 N–H and O–H groups in total. The molecule has 6 heteroatoms. The quantitative estimate of drug-likeness (QED) is 0.803. The molecule has 1 aliphatic heterocycles. The van der Waals surface area contributed by atoms with Gasteiger partial charge in [-0.05, 0) is 43.0 Å². The minimum atomic E-state index is -2.74. The third-order valence-corrected chi connectivity index (χ3v) is 4.64. The molecular weight excluding hydrogens is 266 g/mol. The standard InChI is InChI=1S/C7H5NO.C6H12O3S/c8-5-6-1-3-7(9)4-2-6;7-5-6-1-3-10(8,9)4-2-6/h1-4,9H;6-7H,1-5H2. The van der Waals surface area contributed by atoms with E-state index in [1.165, 1.54) is 12.1 Å². The number of aromatic hydroxyl groups is 1. The fraction of sp³-hybridized carbons (Fsp3) is 0.462. The number of phenols is 1. The number of nitriles is 1. The highest BCUT2D eigenvalue weighted by Crippen LogP contribution is 2.17. The van der Waals surface area contributed by atoms with E-state index in [9.17, 15) is 8.42 Å². The van der Waals surface area contributed by atoms with E-state index in [0.717, 1.165) is 0 Å². The van der Waals surface area contributed by atoms with E-state index in [1.807, 2.05) is 6.07 Å². The predicted molar refractivity (Wildman–Crippen MR) is 71.3 cm³/mol. The molecule has 1 aromatic rings. The van der Waals surface area contributed by atoms with Gasteiger partial charge in [-0.25, -0.2) is 8.42 Å². The number of benzene rings is 1. The monoisotopic (exact) mass is 283 g/mol. The van der Waals surface area contributed by atoms with E-state index in [2.05, 4.69) is 0 Å². The van der Waals surface area contributed by atoms with Crippen LogP contribution in [0.3, 0.4) is 0 Å². The minimum Gasteiger partial charge on any atom is -0.508 e. The Labute approximate surface area is 113 Å². The largest absolute Gasteiger partial charge is 0.508 e. The van der Waals surface area contributed by atoms with Gasteiger partial charge in [0.2, 0.25) is 0 Å². The lowest BCUT2D eigenvalue weighted by Gasteiger charge is -2.18. The number of hydrogen-bond donors (Lipinski definition) is 2. The number of aliphatic hydroxyl groups excluding tert-OH is 1. The van der Waals surface area contributed by atoms with Crippen LogP contribution in [0.4, 0.5) is 0 Å². The third-order valence-electron chi connectivity index (χ3n) is 2.93. The van der Waals surface area contributed by atoms with Gasteiger partial charge in [-0.2, -0.15) is 5.26 Å². The highest BCUT2D eigenvalue weighted by molar-refractivity contribution is 7.91. The first-order chi connectivity index (χ1) is 8.96. The average molecular weight is 283 g/mol. The van der Waals surface area contributed by atoms with Crippen molar-refractivity contribution in [3.05, 3.63) is 29.8 Å². The van der Waals surface area contributed by atoms with E-state index < -0.39 is 9.84 Å². The Hall–Kier alpha value is -1.58. The van der Waals surface area contributed by atoms with Crippen molar-refractivity contribution >= 4 is 9.84 Å². The molecule has 19 heavy (non-hydrogen) atoms. The maximum atomic E-state index is 10.8. The number of nitrogens with zero attached hydrogens (tertiary/aromatic N) is 1. The van der Waals surface area contributed by atoms with Crippen molar-refractivity contribution in [2.24, 2.45) is 5.92 Å². The number of aliphatic hydroxyl groups is 1. The van der Waals surface area contributed by atoms with Crippen LogP contribution in [0.2, 0.25) is 0 Å². The van der Waals surface area contributed by atoms with Gasteiger partial charge in [0.1, 0.15) is 15.6 Å². The molecular formula is C13H17NO4S. The smallest absolute Gasteiger partial charge is 0.150 e. The Morgan fingerprint density at radius 2 is 1.74 bits per heavy atom. The Morgan fingerprint density at radius 1 is 1.21 bits per heavy atom. The number of phenolic OH excluding ortho intramolecular Hbond substituents is 1. The van der Waals surface area contributed by atoms with E-state index in [0.29, 0.717) is 18.4 Å². The van der Waals surface area contributed by atoms with Gasteiger partial charge < -0.3 is 10.2 Å². The highest BCUT2D eigenvalue weighted by Gasteiger charge is 2.22. The molecule has 1 aliphatic rings. The first kappa shape index (κ1) is 15.5. The molecule has 0 radical (unpaired) electrons. The van der Waals surface area contributed by atoms with Crippen LogP contribution in [0.5, 0.6) is 5.75 Å². The molecule has 0 amide bonds. The minimum absolute atomic E-state index is 0.134. The molecule has 0 aliphatic carbocycles. The zero-order chi connectivity index (χ0) is 14.3. The summed E-state index contributed by atoms with van der Waals surface area (Å²) in [6.07, 6.45) is 1.28. The van der Waals surface area contributed by atoms with Crippen molar-refractivity contribution in [1.29, 1.82) is 5.26 Å². The predicted octanol–water partition coefficient (Wildman–Crippen LogP) is 1.07. The lowest BCUT2D eigenvalue weighted by Crippen LogP contribution is -2.25. The first-order valence-corrected chi connectivity index (χ1v) is 7.79. The molecule has 2 rings (SSSR count). The van der Waals surface area contributed by atoms with Gasteiger partial charge in [-0.3, -0.25) is 0 Å². The molecule has 0 aromatic heterocycles. The molecule has 5 nitrogen and oxygen atoms in total. The summed E-state index contributed by atoms with van der Waals surface area (Å²) in [6, 6.07) is 8.04. The van der Waals surface area contributed by atoms with Crippen LogP contribution in [0, 0.1) is 17.2 Å². The van der Waals surface area contributed by atoms with Crippen LogP contribution in [-0.4, -0.2) is 36.7 Å². The number of rotatable bonds is 1. The fourth-order valence-electron chi connectivity index (χ4n) is 1.66. The van der Waals surface area contributed by atoms with Gasteiger partial charge in [-0.15, -0.1) is 0 Å². The Balaban J connectivity index is 0.000000191. The summed E-state index contributed by atoms with van der Waals surface area (Å²) in [5.74, 6) is 0.939. The summed E-state index contributed by atoms with van der Waals surface area (Å²) >= 11 is 0. The molecule has 0 bridgehead atoms. The topological polar surface area (TPSA) is 98.4 Å². The maximum Gasteiger partial charge on any atom is 0.150 e. The molecule has 0 saturated carbocycles. The summed E-state index contributed by atoms with van der Waals surface area (Å²) < 4.78 is 21.7. The number of sulfone groups is 1. The SMILES string of the molecule is N#Cc1ccc(O)cc1.O=S1(=O)CCC(CO)CC1. The third kappa shape index (κ3) is 5.73. The van der Waals surface area contributed by atoms with Gasteiger partial charge in [-0.1, -0.05) is 0 Å². The first-order valence-electron chi connectivity index (χ1n) is 5.97. The van der Waals surface area contributed by atoms with Gasteiger partial charge in [0, 0.05) is 6.61 Å². The van der Waals surface area contributed by atoms with Crippen molar-refractivity contribution in [3.8, 4) is 11.8 Å². The van der Waals surface area contributed by atoms with Crippen molar-refractivity contribution < 1.29 is 18.6 Å². The van der Waals surface area contributed by atoms with E-state index in [-0.39, 0.29) is 29.8 Å². The van der Waals surface area contributed by atoms with E-state index >= 15 is 0 Å². The van der Waals surface area contributed by atoms with Gasteiger partial charge in [0.05, 0.1) is 23.1 Å². The van der Waals surface area contributed by atoms with Gasteiger partial charge in [0.15, 0.2) is 0 Å². The lowest BCUT2D eigenvalue weighted by molar-refractivity contribution is 0.217. The number of hydrogen-bond acceptors (Lipinski definition) is 5. The molecule has 1 fully saturated rings. The summed E-state index contributed by atoms with van der Waals surface area (Å²) in [6.45, 7) is 0.134. The van der Waals surface area contributed by atoms with Crippen molar-refractivity contribution in [1.82, 2.24) is 0 Å². The Kier molecular flexibility index (Phi) is 5.80. The molecule has 1 aromatic carbocycles. The molecule has 104 valence electrons. The fourth-order valence-corrected chi connectivity index (χ4v) is 3.25. The Morgan fingerprint density at radius 3 is 2.16 bits per heavy atom. The van der Waals surface area contributed by atoms with Crippen LogP contribution in [0.25, 0.3) is 0 Å². The van der Waals surface area contributed by atoms with Crippen LogP contribution in [-0.2, 0) is 9.84 Å². The van der Waals surface area contributed by atoms with Crippen LogP contribution >= 0.6 is 0 Å². The van der Waals surface area contributed by atoms with Gasteiger partial charge in [0.25, 0.3) is 0 Å². The second-order valence-corrected chi connectivity index (χ2v) is 6.74. The maximum absolute atomic E-state index is 10.8. The highest BCUT2D eigenvalue weighted by atomic mass is 32.2. The van der Waals surface area contributed by atoms with Crippen molar-refractivity contribution in [2.45, 2.75) is 12.8 Å². The molecule has 0 unspecified atom stereocenters. The summed E-state index contributed by atoms with van der Waals surface area (Å²) in [4.78, 5) is 0. The van der Waals surface area contributed by atoms with E-state index in [1.54, 1.807) is 12.1 Å².